The van der Waals surface area contributed by atoms with Crippen LogP contribution in [0.4, 0.5) is 0 Å². The SMILES string of the molecule is Cc1ccc(-c2nc(-c3cccc(C(=O)O)c3)cs2)cc1. The highest BCUT2D eigenvalue weighted by molar-refractivity contribution is 7.13. The number of hydrogen-bond donors (Lipinski definition) is 1. The summed E-state index contributed by atoms with van der Waals surface area (Å²) in [4.78, 5) is 15.6. The molecule has 0 spiro atoms. The van der Waals surface area contributed by atoms with Gasteiger partial charge in [0.05, 0.1) is 11.3 Å². The number of aryl methyl sites for hydroxylation is 1. The van der Waals surface area contributed by atoms with Gasteiger partial charge >= 0.3 is 5.97 Å². The molecule has 21 heavy (non-hydrogen) atoms. The molecule has 0 atom stereocenters. The molecule has 3 rings (SSSR count). The van der Waals surface area contributed by atoms with Gasteiger partial charge in [-0.15, -0.1) is 11.3 Å². The Kier molecular flexibility index (Phi) is 3.54. The molecule has 0 aliphatic heterocycles. The highest BCUT2D eigenvalue weighted by atomic mass is 32.1. The first-order chi connectivity index (χ1) is 10.1. The van der Waals surface area contributed by atoms with E-state index in [-0.39, 0.29) is 5.56 Å². The van der Waals surface area contributed by atoms with Crippen molar-refractivity contribution in [2.75, 3.05) is 0 Å². The standard InChI is InChI=1S/C17H13NO2S/c1-11-5-7-12(8-6-11)16-18-15(10-21-16)13-3-2-4-14(9-13)17(19)20/h2-10H,1H3,(H,19,20). The van der Waals surface area contributed by atoms with Crippen molar-refractivity contribution in [2.24, 2.45) is 0 Å². The molecule has 0 amide bonds. The van der Waals surface area contributed by atoms with Gasteiger partial charge in [-0.3, -0.25) is 0 Å². The van der Waals surface area contributed by atoms with E-state index in [4.69, 9.17) is 5.11 Å². The lowest BCUT2D eigenvalue weighted by Gasteiger charge is -1.99. The minimum absolute atomic E-state index is 0.275. The maximum atomic E-state index is 11.0. The molecule has 0 aliphatic rings. The molecule has 1 N–H and O–H groups in total. The second-order valence-corrected chi connectivity index (χ2v) is 5.65. The van der Waals surface area contributed by atoms with Crippen LogP contribution in [0.5, 0.6) is 0 Å². The van der Waals surface area contributed by atoms with E-state index in [1.807, 2.05) is 23.6 Å². The van der Waals surface area contributed by atoms with Crippen LogP contribution in [-0.4, -0.2) is 16.1 Å². The van der Waals surface area contributed by atoms with Gasteiger partial charge in [0.25, 0.3) is 0 Å². The number of aromatic carboxylic acids is 1. The van der Waals surface area contributed by atoms with E-state index in [1.54, 1.807) is 29.5 Å². The van der Waals surface area contributed by atoms with Crippen molar-refractivity contribution < 1.29 is 9.90 Å². The molecule has 3 nitrogen and oxygen atoms in total. The van der Waals surface area contributed by atoms with Crippen LogP contribution in [0.25, 0.3) is 21.8 Å². The summed E-state index contributed by atoms with van der Waals surface area (Å²) in [6, 6.07) is 15.1. The van der Waals surface area contributed by atoms with Crippen LogP contribution in [-0.2, 0) is 0 Å². The average Bonchev–Trinajstić information content (AvgIpc) is 2.98. The predicted molar refractivity (Wildman–Crippen MR) is 84.7 cm³/mol. The lowest BCUT2D eigenvalue weighted by atomic mass is 10.1. The minimum atomic E-state index is -0.925. The number of carboxylic acid groups (broad SMARTS) is 1. The van der Waals surface area contributed by atoms with E-state index in [0.29, 0.717) is 0 Å². The topological polar surface area (TPSA) is 50.2 Å². The van der Waals surface area contributed by atoms with Gasteiger partial charge in [-0.2, -0.15) is 0 Å². The monoisotopic (exact) mass is 295 g/mol. The summed E-state index contributed by atoms with van der Waals surface area (Å²) in [5.74, 6) is -0.925. The van der Waals surface area contributed by atoms with Crippen LogP contribution in [0.1, 0.15) is 15.9 Å². The van der Waals surface area contributed by atoms with Crippen molar-refractivity contribution in [2.45, 2.75) is 6.92 Å². The number of aromatic nitrogens is 1. The first-order valence-electron chi connectivity index (χ1n) is 6.50. The third-order valence-corrected chi connectivity index (χ3v) is 4.10. The summed E-state index contributed by atoms with van der Waals surface area (Å²) in [7, 11) is 0. The van der Waals surface area contributed by atoms with E-state index < -0.39 is 5.97 Å². The van der Waals surface area contributed by atoms with Crippen LogP contribution in [0.3, 0.4) is 0 Å². The Balaban J connectivity index is 1.96. The maximum absolute atomic E-state index is 11.0. The normalized spacial score (nSPS) is 10.5. The highest BCUT2D eigenvalue weighted by Crippen LogP contribution is 2.29. The van der Waals surface area contributed by atoms with E-state index in [1.165, 1.54) is 5.56 Å². The predicted octanol–water partition coefficient (Wildman–Crippen LogP) is 4.48. The van der Waals surface area contributed by atoms with Gasteiger partial charge in [0.15, 0.2) is 0 Å². The van der Waals surface area contributed by atoms with Gasteiger partial charge in [-0.05, 0) is 19.1 Å². The van der Waals surface area contributed by atoms with Crippen molar-refractivity contribution in [3.05, 3.63) is 65.0 Å². The molecule has 0 saturated carbocycles. The van der Waals surface area contributed by atoms with Gasteiger partial charge < -0.3 is 5.11 Å². The fourth-order valence-corrected chi connectivity index (χ4v) is 2.88. The largest absolute Gasteiger partial charge is 0.478 e. The molecule has 0 unspecified atom stereocenters. The van der Waals surface area contributed by atoms with Gasteiger partial charge in [-0.25, -0.2) is 9.78 Å². The third kappa shape index (κ3) is 2.85. The van der Waals surface area contributed by atoms with E-state index in [9.17, 15) is 4.79 Å². The summed E-state index contributed by atoms with van der Waals surface area (Å²) in [5, 5.41) is 11.9. The smallest absolute Gasteiger partial charge is 0.335 e. The summed E-state index contributed by atoms with van der Waals surface area (Å²) in [6.07, 6.45) is 0. The lowest BCUT2D eigenvalue weighted by Crippen LogP contribution is -1.95. The first-order valence-corrected chi connectivity index (χ1v) is 7.38. The number of benzene rings is 2. The average molecular weight is 295 g/mol. The van der Waals surface area contributed by atoms with Gasteiger partial charge in [0.1, 0.15) is 5.01 Å². The zero-order valence-electron chi connectivity index (χ0n) is 11.4. The Labute approximate surface area is 126 Å². The van der Waals surface area contributed by atoms with Gasteiger partial charge in [0.2, 0.25) is 0 Å². The molecule has 104 valence electrons. The summed E-state index contributed by atoms with van der Waals surface area (Å²) in [6.45, 7) is 2.05. The fraction of sp³-hybridized carbons (Fsp3) is 0.0588. The molecule has 0 aliphatic carbocycles. The lowest BCUT2D eigenvalue weighted by molar-refractivity contribution is 0.0697. The minimum Gasteiger partial charge on any atom is -0.478 e. The molecule has 0 saturated heterocycles. The van der Waals surface area contributed by atoms with Crippen molar-refractivity contribution in [1.29, 1.82) is 0 Å². The van der Waals surface area contributed by atoms with Crippen LogP contribution in [0.2, 0.25) is 0 Å². The number of nitrogens with zero attached hydrogens (tertiary/aromatic N) is 1. The quantitative estimate of drug-likeness (QED) is 0.775. The number of rotatable bonds is 3. The molecule has 0 fully saturated rings. The van der Waals surface area contributed by atoms with Crippen LogP contribution >= 0.6 is 11.3 Å². The Morgan fingerprint density at radius 1 is 1.10 bits per heavy atom. The molecule has 3 aromatic rings. The Morgan fingerprint density at radius 2 is 1.86 bits per heavy atom. The Hall–Kier alpha value is -2.46. The molecular formula is C17H13NO2S. The number of thiazole rings is 1. The van der Waals surface area contributed by atoms with Crippen LogP contribution in [0.15, 0.2) is 53.9 Å². The maximum Gasteiger partial charge on any atom is 0.335 e. The van der Waals surface area contributed by atoms with Crippen molar-refractivity contribution in [3.8, 4) is 21.8 Å². The molecule has 2 aromatic carbocycles. The second-order valence-electron chi connectivity index (χ2n) is 4.79. The summed E-state index contributed by atoms with van der Waals surface area (Å²) < 4.78 is 0. The fourth-order valence-electron chi connectivity index (χ4n) is 2.05. The van der Waals surface area contributed by atoms with Crippen molar-refractivity contribution >= 4 is 17.3 Å². The zero-order valence-corrected chi connectivity index (χ0v) is 12.2. The van der Waals surface area contributed by atoms with Crippen molar-refractivity contribution in [1.82, 2.24) is 4.98 Å². The number of hydrogen-bond acceptors (Lipinski definition) is 3. The van der Waals surface area contributed by atoms with Crippen LogP contribution < -0.4 is 0 Å². The van der Waals surface area contributed by atoms with Gasteiger partial charge in [-0.1, -0.05) is 42.0 Å². The summed E-state index contributed by atoms with van der Waals surface area (Å²) >= 11 is 1.56. The molecule has 1 aromatic heterocycles. The van der Waals surface area contributed by atoms with E-state index >= 15 is 0 Å². The van der Waals surface area contributed by atoms with Crippen molar-refractivity contribution in [3.63, 3.8) is 0 Å². The Bertz CT molecular complexity index is 791. The number of carboxylic acids is 1. The summed E-state index contributed by atoms with van der Waals surface area (Å²) in [5.41, 5.74) is 4.19. The zero-order chi connectivity index (χ0) is 14.8. The molecular weight excluding hydrogens is 282 g/mol. The van der Waals surface area contributed by atoms with E-state index in [0.717, 1.165) is 21.8 Å². The van der Waals surface area contributed by atoms with Crippen LogP contribution in [0, 0.1) is 6.92 Å². The number of carbonyl (C=O) groups is 1. The molecule has 0 radical (unpaired) electrons. The van der Waals surface area contributed by atoms with E-state index in [2.05, 4.69) is 24.0 Å². The molecule has 4 heteroatoms. The Morgan fingerprint density at radius 3 is 2.57 bits per heavy atom. The molecule has 0 bridgehead atoms. The molecule has 1 heterocycles. The highest BCUT2D eigenvalue weighted by Gasteiger charge is 2.09. The first kappa shape index (κ1) is 13.5. The third-order valence-electron chi connectivity index (χ3n) is 3.21. The van der Waals surface area contributed by atoms with Gasteiger partial charge in [0, 0.05) is 16.5 Å². The second kappa shape index (κ2) is 5.50.